The first-order valence-electron chi connectivity index (χ1n) is 9.82. The number of hydrogen-bond donors (Lipinski definition) is 1. The summed E-state index contributed by atoms with van der Waals surface area (Å²) >= 11 is 1.62. The zero-order chi connectivity index (χ0) is 20.4. The van der Waals surface area contributed by atoms with Gasteiger partial charge < -0.3 is 14.6 Å². The van der Waals surface area contributed by atoms with Gasteiger partial charge in [0.05, 0.1) is 12.3 Å². The normalized spacial score (nSPS) is 16.7. The molecular weight excluding hydrogens is 384 g/mol. The molecule has 0 saturated carbocycles. The van der Waals surface area contributed by atoms with Gasteiger partial charge in [0.2, 0.25) is 0 Å². The number of aromatic nitrogens is 1. The van der Waals surface area contributed by atoms with Crippen molar-refractivity contribution in [2.24, 2.45) is 0 Å². The van der Waals surface area contributed by atoms with Crippen LogP contribution in [0.5, 0.6) is 0 Å². The molecule has 0 unspecified atom stereocenters. The molecular formula is C22H26N4O2S. The second-order valence-electron chi connectivity index (χ2n) is 7.49. The third-order valence-electron chi connectivity index (χ3n) is 5.58. The van der Waals surface area contributed by atoms with E-state index in [1.165, 1.54) is 16.7 Å². The van der Waals surface area contributed by atoms with Crippen LogP contribution in [0.25, 0.3) is 0 Å². The standard InChI is InChI=1S/C22H26N4O2S/c1-15-16(2)29-22(24-21(27)18-7-5-13-28-18)19(15)20(17-6-4-8-23-14-17)26-11-9-25(3)10-12-26/h4-8,13-14,20H,9-12H2,1-3H3,(H,24,27)/t20-/m0/s1. The van der Waals surface area contributed by atoms with Gasteiger partial charge in [-0.05, 0) is 50.2 Å². The zero-order valence-electron chi connectivity index (χ0n) is 17.0. The molecule has 3 aromatic heterocycles. The van der Waals surface area contributed by atoms with Crippen molar-refractivity contribution in [1.82, 2.24) is 14.8 Å². The smallest absolute Gasteiger partial charge is 0.291 e. The maximum Gasteiger partial charge on any atom is 0.291 e. The van der Waals surface area contributed by atoms with Gasteiger partial charge in [-0.25, -0.2) is 0 Å². The Morgan fingerprint density at radius 2 is 2.00 bits per heavy atom. The minimum atomic E-state index is -0.221. The molecule has 0 bridgehead atoms. The fourth-order valence-corrected chi connectivity index (χ4v) is 4.90. The van der Waals surface area contributed by atoms with Crippen LogP contribution in [0.1, 0.15) is 38.2 Å². The van der Waals surface area contributed by atoms with Gasteiger partial charge in [-0.3, -0.25) is 14.7 Å². The molecule has 0 aromatic carbocycles. The van der Waals surface area contributed by atoms with Gasteiger partial charge in [0.1, 0.15) is 5.00 Å². The summed E-state index contributed by atoms with van der Waals surface area (Å²) in [4.78, 5) is 23.1. The SMILES string of the molecule is Cc1sc(NC(=O)c2ccco2)c([C@H](c2cccnc2)N2CCN(C)CC2)c1C. The number of amides is 1. The second kappa shape index (κ2) is 8.49. The fourth-order valence-electron chi connectivity index (χ4n) is 3.82. The van der Waals surface area contributed by atoms with Crippen molar-refractivity contribution in [2.45, 2.75) is 19.9 Å². The minimum Gasteiger partial charge on any atom is -0.459 e. The van der Waals surface area contributed by atoms with Crippen LogP contribution in [0.4, 0.5) is 5.00 Å². The summed E-state index contributed by atoms with van der Waals surface area (Å²) in [5, 5.41) is 3.98. The highest BCUT2D eigenvalue weighted by Gasteiger charge is 2.31. The predicted molar refractivity (Wildman–Crippen MR) is 116 cm³/mol. The molecule has 0 radical (unpaired) electrons. The lowest BCUT2D eigenvalue weighted by Crippen LogP contribution is -2.46. The largest absolute Gasteiger partial charge is 0.459 e. The van der Waals surface area contributed by atoms with Crippen LogP contribution in [0.2, 0.25) is 0 Å². The third kappa shape index (κ3) is 4.12. The van der Waals surface area contributed by atoms with E-state index in [-0.39, 0.29) is 11.9 Å². The zero-order valence-corrected chi connectivity index (χ0v) is 17.8. The molecule has 1 saturated heterocycles. The van der Waals surface area contributed by atoms with E-state index in [0.717, 1.165) is 42.3 Å². The Bertz CT molecular complexity index is 960. The topological polar surface area (TPSA) is 61.6 Å². The van der Waals surface area contributed by atoms with Crippen molar-refractivity contribution in [1.29, 1.82) is 0 Å². The molecule has 29 heavy (non-hydrogen) atoms. The number of carbonyl (C=O) groups is 1. The molecule has 0 aliphatic carbocycles. The summed E-state index contributed by atoms with van der Waals surface area (Å²) < 4.78 is 5.28. The van der Waals surface area contributed by atoms with Crippen LogP contribution in [-0.2, 0) is 0 Å². The number of pyridine rings is 1. The fraction of sp³-hybridized carbons (Fsp3) is 0.364. The molecule has 1 aliphatic rings. The molecule has 3 aromatic rings. The molecule has 0 spiro atoms. The number of thiophene rings is 1. The number of anilines is 1. The Kier molecular flexibility index (Phi) is 5.80. The van der Waals surface area contributed by atoms with Gasteiger partial charge in [-0.2, -0.15) is 0 Å². The van der Waals surface area contributed by atoms with Crippen LogP contribution in [0.3, 0.4) is 0 Å². The Hall–Kier alpha value is -2.48. The van der Waals surface area contributed by atoms with Gasteiger partial charge in [0.25, 0.3) is 5.91 Å². The Balaban J connectivity index is 1.75. The lowest BCUT2D eigenvalue weighted by atomic mass is 9.95. The van der Waals surface area contributed by atoms with Gasteiger partial charge >= 0.3 is 0 Å². The van der Waals surface area contributed by atoms with E-state index < -0.39 is 0 Å². The van der Waals surface area contributed by atoms with Crippen molar-refractivity contribution in [3.8, 4) is 0 Å². The van der Waals surface area contributed by atoms with Gasteiger partial charge in [-0.1, -0.05) is 6.07 Å². The van der Waals surface area contributed by atoms with Crippen molar-refractivity contribution in [2.75, 3.05) is 38.5 Å². The first kappa shape index (κ1) is 19.8. The van der Waals surface area contributed by atoms with Crippen molar-refractivity contribution >= 4 is 22.2 Å². The third-order valence-corrected chi connectivity index (χ3v) is 6.72. The van der Waals surface area contributed by atoms with Crippen molar-refractivity contribution in [3.63, 3.8) is 0 Å². The molecule has 1 amide bonds. The van der Waals surface area contributed by atoms with E-state index in [1.54, 1.807) is 29.7 Å². The maximum atomic E-state index is 12.7. The van der Waals surface area contributed by atoms with E-state index in [4.69, 9.17) is 4.42 Å². The molecule has 1 N–H and O–H groups in total. The maximum absolute atomic E-state index is 12.7. The highest BCUT2D eigenvalue weighted by Crippen LogP contribution is 2.42. The van der Waals surface area contributed by atoms with Crippen molar-refractivity contribution < 1.29 is 9.21 Å². The number of likely N-dealkylation sites (N-methyl/N-ethyl adjacent to an activating group) is 1. The summed E-state index contributed by atoms with van der Waals surface area (Å²) in [7, 11) is 2.16. The molecule has 152 valence electrons. The summed E-state index contributed by atoms with van der Waals surface area (Å²) in [5.74, 6) is 0.0954. The molecule has 1 fully saturated rings. The average molecular weight is 411 g/mol. The molecule has 4 rings (SSSR count). The molecule has 1 atom stereocenters. The Morgan fingerprint density at radius 1 is 1.21 bits per heavy atom. The van der Waals surface area contributed by atoms with Crippen LogP contribution >= 0.6 is 11.3 Å². The van der Waals surface area contributed by atoms with Crippen LogP contribution in [0.15, 0.2) is 47.3 Å². The van der Waals surface area contributed by atoms with E-state index in [1.807, 2.05) is 12.3 Å². The van der Waals surface area contributed by atoms with Gasteiger partial charge in [0, 0.05) is 49.0 Å². The molecule has 1 aliphatic heterocycles. The molecule has 7 heteroatoms. The number of hydrogen-bond acceptors (Lipinski definition) is 6. The van der Waals surface area contributed by atoms with E-state index in [9.17, 15) is 4.79 Å². The van der Waals surface area contributed by atoms with E-state index >= 15 is 0 Å². The molecule has 4 heterocycles. The highest BCUT2D eigenvalue weighted by molar-refractivity contribution is 7.16. The predicted octanol–water partition coefficient (Wildman–Crippen LogP) is 3.94. The quantitative estimate of drug-likeness (QED) is 0.690. The van der Waals surface area contributed by atoms with Crippen LogP contribution < -0.4 is 5.32 Å². The van der Waals surface area contributed by atoms with Gasteiger partial charge in [-0.15, -0.1) is 11.3 Å². The number of nitrogens with one attached hydrogen (secondary N) is 1. The number of carbonyl (C=O) groups excluding carboxylic acids is 1. The monoisotopic (exact) mass is 410 g/mol. The Labute approximate surface area is 175 Å². The number of aryl methyl sites for hydroxylation is 1. The highest BCUT2D eigenvalue weighted by atomic mass is 32.1. The summed E-state index contributed by atoms with van der Waals surface area (Å²) in [6, 6.07) is 7.56. The number of piperazine rings is 1. The second-order valence-corrected chi connectivity index (χ2v) is 8.71. The summed E-state index contributed by atoms with van der Waals surface area (Å²) in [6.45, 7) is 8.23. The van der Waals surface area contributed by atoms with Crippen LogP contribution in [-0.4, -0.2) is 53.9 Å². The molecule has 6 nitrogen and oxygen atoms in total. The Morgan fingerprint density at radius 3 is 2.66 bits per heavy atom. The summed E-state index contributed by atoms with van der Waals surface area (Å²) in [6.07, 6.45) is 5.26. The number of rotatable bonds is 5. The van der Waals surface area contributed by atoms with Crippen molar-refractivity contribution in [3.05, 3.63) is 70.3 Å². The lowest BCUT2D eigenvalue weighted by Gasteiger charge is -2.38. The lowest BCUT2D eigenvalue weighted by molar-refractivity contribution is 0.0996. The van der Waals surface area contributed by atoms with Gasteiger partial charge in [0.15, 0.2) is 5.76 Å². The van der Waals surface area contributed by atoms with Crippen LogP contribution in [0, 0.1) is 13.8 Å². The average Bonchev–Trinajstić information content (AvgIpc) is 3.35. The van der Waals surface area contributed by atoms with E-state index in [0.29, 0.717) is 5.76 Å². The first-order chi connectivity index (χ1) is 14.0. The number of nitrogens with zero attached hydrogens (tertiary/aromatic N) is 3. The summed E-state index contributed by atoms with van der Waals surface area (Å²) in [5.41, 5.74) is 3.52. The number of furan rings is 1. The minimum absolute atomic E-state index is 0.0502. The van der Waals surface area contributed by atoms with E-state index in [2.05, 4.69) is 47.1 Å². The first-order valence-corrected chi connectivity index (χ1v) is 10.6.